The topological polar surface area (TPSA) is 97.5 Å². The number of hydrazone groups is 2. The maximum Gasteiger partial charge on any atom is 0.301 e. The fourth-order valence-electron chi connectivity index (χ4n) is 3.01. The van der Waals surface area contributed by atoms with Crippen LogP contribution in [0.5, 0.6) is 5.75 Å². The SMILES string of the molecule is CC1=NN(c2ccc(CO)cc2)C(=O)/C1=N\Nc1ccc2ccccc2c1O. The summed E-state index contributed by atoms with van der Waals surface area (Å²) in [6.07, 6.45) is 0. The lowest BCUT2D eigenvalue weighted by atomic mass is 10.1. The second-order valence-electron chi connectivity index (χ2n) is 6.38. The number of nitrogens with one attached hydrogen (secondary N) is 1. The Morgan fingerprint density at radius 3 is 2.57 bits per heavy atom. The average molecular weight is 374 g/mol. The van der Waals surface area contributed by atoms with Crippen LogP contribution in [0.4, 0.5) is 11.4 Å². The zero-order valence-electron chi connectivity index (χ0n) is 15.1. The van der Waals surface area contributed by atoms with Crippen LogP contribution in [0.25, 0.3) is 10.8 Å². The molecule has 3 N–H and O–H groups in total. The zero-order valence-corrected chi connectivity index (χ0v) is 15.1. The lowest BCUT2D eigenvalue weighted by Crippen LogP contribution is -2.27. The first kappa shape index (κ1) is 17.7. The number of amides is 1. The Labute approximate surface area is 161 Å². The van der Waals surface area contributed by atoms with Crippen LogP contribution in [0, 0.1) is 0 Å². The number of rotatable bonds is 4. The largest absolute Gasteiger partial charge is 0.505 e. The number of hydrogen-bond acceptors (Lipinski definition) is 6. The van der Waals surface area contributed by atoms with Crippen molar-refractivity contribution in [1.82, 2.24) is 0 Å². The lowest BCUT2D eigenvalue weighted by molar-refractivity contribution is -0.112. The summed E-state index contributed by atoms with van der Waals surface area (Å²) < 4.78 is 0. The normalized spacial score (nSPS) is 15.4. The molecule has 0 radical (unpaired) electrons. The molecular formula is C21H18N4O3. The maximum absolute atomic E-state index is 12.7. The molecule has 7 nitrogen and oxygen atoms in total. The van der Waals surface area contributed by atoms with Crippen molar-refractivity contribution < 1.29 is 15.0 Å². The Morgan fingerprint density at radius 2 is 1.82 bits per heavy atom. The molecule has 0 aromatic heterocycles. The highest BCUT2D eigenvalue weighted by molar-refractivity contribution is 6.71. The maximum atomic E-state index is 12.7. The van der Waals surface area contributed by atoms with E-state index in [0.29, 0.717) is 22.5 Å². The highest BCUT2D eigenvalue weighted by atomic mass is 16.3. The molecule has 28 heavy (non-hydrogen) atoms. The molecule has 3 aromatic rings. The minimum absolute atomic E-state index is 0.0671. The van der Waals surface area contributed by atoms with Gasteiger partial charge in [-0.1, -0.05) is 42.5 Å². The Hall–Kier alpha value is -3.71. The van der Waals surface area contributed by atoms with Gasteiger partial charge in [-0.05, 0) is 36.1 Å². The standard InChI is InChI=1S/C21H18N4O3/c1-13-19(21(28)25(24-13)16-9-6-14(12-26)7-10-16)23-22-18-11-8-15-4-2-3-5-17(15)20(18)27/h2-11,22,26-27H,12H2,1H3/b23-19-. The summed E-state index contributed by atoms with van der Waals surface area (Å²) in [5, 5.41) is 30.9. The second-order valence-corrected chi connectivity index (χ2v) is 6.38. The number of fused-ring (bicyclic) bond motifs is 1. The van der Waals surface area contributed by atoms with Crippen LogP contribution >= 0.6 is 0 Å². The van der Waals surface area contributed by atoms with Gasteiger partial charge in [0.1, 0.15) is 5.75 Å². The number of benzene rings is 3. The van der Waals surface area contributed by atoms with Crippen molar-refractivity contribution in [1.29, 1.82) is 0 Å². The van der Waals surface area contributed by atoms with Gasteiger partial charge >= 0.3 is 5.91 Å². The summed E-state index contributed by atoms with van der Waals surface area (Å²) in [5.41, 5.74) is 5.13. The van der Waals surface area contributed by atoms with E-state index in [1.165, 1.54) is 5.01 Å². The van der Waals surface area contributed by atoms with E-state index in [0.717, 1.165) is 10.9 Å². The van der Waals surface area contributed by atoms with Crippen LogP contribution in [0.1, 0.15) is 12.5 Å². The molecule has 0 aliphatic carbocycles. The Morgan fingerprint density at radius 1 is 1.07 bits per heavy atom. The molecule has 140 valence electrons. The number of aliphatic hydroxyl groups is 1. The van der Waals surface area contributed by atoms with Crippen molar-refractivity contribution in [2.45, 2.75) is 13.5 Å². The van der Waals surface area contributed by atoms with Gasteiger partial charge in [-0.25, -0.2) is 0 Å². The van der Waals surface area contributed by atoms with Crippen molar-refractivity contribution in [2.75, 3.05) is 10.4 Å². The molecule has 0 saturated carbocycles. The minimum Gasteiger partial charge on any atom is -0.505 e. The van der Waals surface area contributed by atoms with E-state index in [9.17, 15) is 9.90 Å². The first-order chi connectivity index (χ1) is 13.6. The molecule has 0 bridgehead atoms. The van der Waals surface area contributed by atoms with Crippen LogP contribution in [0.2, 0.25) is 0 Å². The van der Waals surface area contributed by atoms with Gasteiger partial charge in [-0.3, -0.25) is 10.2 Å². The minimum atomic E-state index is -0.373. The summed E-state index contributed by atoms with van der Waals surface area (Å²) >= 11 is 0. The lowest BCUT2D eigenvalue weighted by Gasteiger charge is -2.12. The van der Waals surface area contributed by atoms with Crippen molar-refractivity contribution in [2.24, 2.45) is 10.2 Å². The second kappa shape index (κ2) is 7.13. The molecular weight excluding hydrogens is 356 g/mol. The molecule has 7 heteroatoms. The number of carbonyl (C=O) groups excluding carboxylic acids is 1. The van der Waals surface area contributed by atoms with Crippen LogP contribution in [0.15, 0.2) is 70.9 Å². The third kappa shape index (κ3) is 3.08. The van der Waals surface area contributed by atoms with E-state index in [1.807, 2.05) is 30.3 Å². The van der Waals surface area contributed by atoms with E-state index in [-0.39, 0.29) is 24.0 Å². The predicted molar refractivity (Wildman–Crippen MR) is 110 cm³/mol. The summed E-state index contributed by atoms with van der Waals surface area (Å²) in [6, 6.07) is 17.9. The van der Waals surface area contributed by atoms with E-state index in [1.54, 1.807) is 37.3 Å². The number of phenolic OH excluding ortho intramolecular Hbond substituents is 1. The van der Waals surface area contributed by atoms with Crippen LogP contribution in [-0.4, -0.2) is 27.5 Å². The molecule has 1 heterocycles. The number of aromatic hydroxyl groups is 1. The number of anilines is 2. The molecule has 1 amide bonds. The molecule has 0 unspecified atom stereocenters. The smallest absolute Gasteiger partial charge is 0.301 e. The third-order valence-electron chi connectivity index (χ3n) is 4.54. The molecule has 4 rings (SSSR count). The average Bonchev–Trinajstić information content (AvgIpc) is 3.01. The number of aliphatic hydroxyl groups excluding tert-OH is 1. The molecule has 1 aliphatic heterocycles. The number of hydrogen-bond donors (Lipinski definition) is 3. The highest BCUT2D eigenvalue weighted by Gasteiger charge is 2.30. The predicted octanol–water partition coefficient (Wildman–Crippen LogP) is 3.23. The molecule has 1 aliphatic rings. The zero-order chi connectivity index (χ0) is 19.7. The van der Waals surface area contributed by atoms with E-state index >= 15 is 0 Å². The number of carbonyl (C=O) groups is 1. The van der Waals surface area contributed by atoms with Gasteiger partial charge in [0.15, 0.2) is 5.71 Å². The highest BCUT2D eigenvalue weighted by Crippen LogP contribution is 2.32. The van der Waals surface area contributed by atoms with Gasteiger partial charge in [0.25, 0.3) is 0 Å². The van der Waals surface area contributed by atoms with Crippen molar-refractivity contribution in [3.8, 4) is 5.75 Å². The fraction of sp³-hybridized carbons (Fsp3) is 0.0952. The first-order valence-corrected chi connectivity index (χ1v) is 8.72. The quantitative estimate of drug-likeness (QED) is 0.482. The van der Waals surface area contributed by atoms with Crippen LogP contribution < -0.4 is 10.4 Å². The summed E-state index contributed by atoms with van der Waals surface area (Å²) in [7, 11) is 0. The molecule has 0 atom stereocenters. The summed E-state index contributed by atoms with van der Waals surface area (Å²) in [5.74, 6) is -0.305. The third-order valence-corrected chi connectivity index (χ3v) is 4.54. The van der Waals surface area contributed by atoms with Crippen molar-refractivity contribution in [3.05, 3.63) is 66.2 Å². The van der Waals surface area contributed by atoms with E-state index in [2.05, 4.69) is 15.6 Å². The van der Waals surface area contributed by atoms with Gasteiger partial charge < -0.3 is 10.2 Å². The van der Waals surface area contributed by atoms with E-state index < -0.39 is 0 Å². The first-order valence-electron chi connectivity index (χ1n) is 8.72. The summed E-state index contributed by atoms with van der Waals surface area (Å²) in [6.45, 7) is 1.63. The Bertz CT molecular complexity index is 1120. The molecule has 0 spiro atoms. The number of nitrogens with zero attached hydrogens (tertiary/aromatic N) is 3. The fourth-order valence-corrected chi connectivity index (χ4v) is 3.01. The molecule has 0 saturated heterocycles. The van der Waals surface area contributed by atoms with Gasteiger partial charge in [-0.15, -0.1) is 0 Å². The van der Waals surface area contributed by atoms with Crippen LogP contribution in [0.3, 0.4) is 0 Å². The van der Waals surface area contributed by atoms with Gasteiger partial charge in [0.2, 0.25) is 0 Å². The van der Waals surface area contributed by atoms with Crippen LogP contribution in [-0.2, 0) is 11.4 Å². The molecule has 3 aromatic carbocycles. The van der Waals surface area contributed by atoms with Gasteiger partial charge in [0, 0.05) is 5.39 Å². The Balaban J connectivity index is 1.59. The van der Waals surface area contributed by atoms with Gasteiger partial charge in [0.05, 0.1) is 23.7 Å². The molecule has 0 fully saturated rings. The Kier molecular flexibility index (Phi) is 4.50. The van der Waals surface area contributed by atoms with Gasteiger partial charge in [-0.2, -0.15) is 15.2 Å². The number of phenols is 1. The monoisotopic (exact) mass is 374 g/mol. The van der Waals surface area contributed by atoms with E-state index in [4.69, 9.17) is 5.11 Å². The summed E-state index contributed by atoms with van der Waals surface area (Å²) in [4.78, 5) is 12.7. The van der Waals surface area contributed by atoms with Crippen molar-refractivity contribution in [3.63, 3.8) is 0 Å². The van der Waals surface area contributed by atoms with Crippen molar-refractivity contribution >= 4 is 39.5 Å².